The first-order valence-corrected chi connectivity index (χ1v) is 10.8. The van der Waals surface area contributed by atoms with Gasteiger partial charge in [-0.15, -0.1) is 0 Å². The quantitative estimate of drug-likeness (QED) is 0.327. The van der Waals surface area contributed by atoms with Crippen LogP contribution in [0.5, 0.6) is 11.5 Å². The van der Waals surface area contributed by atoms with Gasteiger partial charge in [-0.05, 0) is 48.5 Å². The minimum absolute atomic E-state index is 0.136. The van der Waals surface area contributed by atoms with Crippen molar-refractivity contribution in [3.05, 3.63) is 118 Å². The van der Waals surface area contributed by atoms with Crippen LogP contribution in [0.15, 0.2) is 115 Å². The SMILES string of the molecule is O=c1oc(-c2ccccc2Oc2ccccc2-c2nc3ccccc3c(=O)o2)nc2ccccc12. The van der Waals surface area contributed by atoms with Crippen molar-refractivity contribution in [2.75, 3.05) is 0 Å². The molecular formula is C28H16N2O5. The molecule has 0 radical (unpaired) electrons. The summed E-state index contributed by atoms with van der Waals surface area (Å²) in [6, 6.07) is 28.2. The molecule has 0 fully saturated rings. The average Bonchev–Trinajstić information content (AvgIpc) is 2.89. The number of fused-ring (bicyclic) bond motifs is 2. The highest BCUT2D eigenvalue weighted by atomic mass is 16.5. The number of para-hydroxylation sites is 4. The molecule has 0 unspecified atom stereocenters. The molecule has 7 nitrogen and oxygen atoms in total. The van der Waals surface area contributed by atoms with Crippen LogP contribution in [-0.2, 0) is 0 Å². The molecule has 168 valence electrons. The lowest BCUT2D eigenvalue weighted by atomic mass is 10.1. The molecule has 0 N–H and O–H groups in total. The molecule has 2 aromatic heterocycles. The van der Waals surface area contributed by atoms with Crippen LogP contribution in [0.2, 0.25) is 0 Å². The highest BCUT2D eigenvalue weighted by molar-refractivity contribution is 5.80. The fourth-order valence-electron chi connectivity index (χ4n) is 3.85. The van der Waals surface area contributed by atoms with Crippen LogP contribution in [-0.4, -0.2) is 9.97 Å². The second-order valence-corrected chi connectivity index (χ2v) is 7.74. The van der Waals surface area contributed by atoms with Crippen molar-refractivity contribution < 1.29 is 13.6 Å². The zero-order valence-electron chi connectivity index (χ0n) is 18.2. The number of rotatable bonds is 4. The Hall–Kier alpha value is -5.04. The van der Waals surface area contributed by atoms with Gasteiger partial charge in [0.25, 0.3) is 0 Å². The summed E-state index contributed by atoms with van der Waals surface area (Å²) in [6.45, 7) is 0. The van der Waals surface area contributed by atoms with Gasteiger partial charge in [-0.2, -0.15) is 0 Å². The van der Waals surface area contributed by atoms with Gasteiger partial charge in [0.05, 0.1) is 32.9 Å². The Labute approximate surface area is 197 Å². The van der Waals surface area contributed by atoms with Gasteiger partial charge < -0.3 is 13.6 Å². The topological polar surface area (TPSA) is 95.4 Å². The normalized spacial score (nSPS) is 11.1. The van der Waals surface area contributed by atoms with E-state index in [2.05, 4.69) is 9.97 Å². The third-order valence-electron chi connectivity index (χ3n) is 5.53. The number of hydrogen-bond acceptors (Lipinski definition) is 7. The van der Waals surface area contributed by atoms with Crippen LogP contribution in [0, 0.1) is 0 Å². The molecule has 0 bridgehead atoms. The molecule has 0 saturated heterocycles. The zero-order valence-corrected chi connectivity index (χ0v) is 18.2. The Kier molecular flexibility index (Phi) is 4.93. The maximum absolute atomic E-state index is 12.5. The minimum Gasteiger partial charge on any atom is -0.456 e. The molecule has 7 heteroatoms. The second kappa shape index (κ2) is 8.39. The fraction of sp³-hybridized carbons (Fsp3) is 0. The fourth-order valence-corrected chi connectivity index (χ4v) is 3.85. The summed E-state index contributed by atoms with van der Waals surface area (Å²) >= 11 is 0. The van der Waals surface area contributed by atoms with Gasteiger partial charge >= 0.3 is 11.3 Å². The molecule has 2 heterocycles. The van der Waals surface area contributed by atoms with Gasteiger partial charge in [0.1, 0.15) is 11.5 Å². The standard InChI is InChI=1S/C28H16N2O5/c31-27-17-9-1-5-13-21(17)29-25(34-27)19-11-3-7-15-23(19)33-24-16-8-4-12-20(24)26-30-22-14-6-2-10-18(22)28(32)35-26/h1-16H. The van der Waals surface area contributed by atoms with E-state index in [0.29, 0.717) is 44.4 Å². The van der Waals surface area contributed by atoms with Gasteiger partial charge in [-0.3, -0.25) is 0 Å². The van der Waals surface area contributed by atoms with E-state index in [4.69, 9.17) is 13.6 Å². The molecule has 6 rings (SSSR count). The number of aromatic nitrogens is 2. The molecule has 0 saturated carbocycles. The Bertz CT molecular complexity index is 1700. The van der Waals surface area contributed by atoms with Gasteiger partial charge in [-0.1, -0.05) is 48.5 Å². The van der Waals surface area contributed by atoms with E-state index >= 15 is 0 Å². The first-order chi connectivity index (χ1) is 17.2. The lowest BCUT2D eigenvalue weighted by Crippen LogP contribution is -2.04. The van der Waals surface area contributed by atoms with E-state index in [-0.39, 0.29) is 11.8 Å². The molecule has 0 aliphatic rings. The Morgan fingerprint density at radius 2 is 0.914 bits per heavy atom. The van der Waals surface area contributed by atoms with Crippen molar-refractivity contribution in [3.63, 3.8) is 0 Å². The Morgan fingerprint density at radius 1 is 0.514 bits per heavy atom. The van der Waals surface area contributed by atoms with Crippen LogP contribution in [0.3, 0.4) is 0 Å². The van der Waals surface area contributed by atoms with Crippen molar-refractivity contribution in [2.24, 2.45) is 0 Å². The monoisotopic (exact) mass is 460 g/mol. The first-order valence-electron chi connectivity index (χ1n) is 10.8. The van der Waals surface area contributed by atoms with Crippen LogP contribution in [0.4, 0.5) is 0 Å². The van der Waals surface area contributed by atoms with Crippen molar-refractivity contribution in [3.8, 4) is 34.4 Å². The minimum atomic E-state index is -0.483. The molecular weight excluding hydrogens is 444 g/mol. The molecule has 35 heavy (non-hydrogen) atoms. The number of ether oxygens (including phenoxy) is 1. The smallest absolute Gasteiger partial charge is 0.347 e. The zero-order chi connectivity index (χ0) is 23.8. The molecule has 0 spiro atoms. The third-order valence-corrected chi connectivity index (χ3v) is 5.53. The predicted octanol–water partition coefficient (Wildman–Crippen LogP) is 5.82. The molecule has 0 aliphatic heterocycles. The summed E-state index contributed by atoms with van der Waals surface area (Å²) in [5, 5.41) is 0.801. The summed E-state index contributed by atoms with van der Waals surface area (Å²) in [4.78, 5) is 34.1. The molecule has 4 aromatic carbocycles. The molecule has 0 aliphatic carbocycles. The summed E-state index contributed by atoms with van der Waals surface area (Å²) in [5.74, 6) is 1.09. The van der Waals surface area contributed by atoms with E-state index in [1.54, 1.807) is 84.9 Å². The van der Waals surface area contributed by atoms with E-state index in [1.165, 1.54) is 0 Å². The molecule has 0 atom stereocenters. The maximum atomic E-state index is 12.5. The Balaban J connectivity index is 1.46. The lowest BCUT2D eigenvalue weighted by molar-refractivity contribution is 0.469. The highest BCUT2D eigenvalue weighted by Gasteiger charge is 2.17. The second-order valence-electron chi connectivity index (χ2n) is 7.74. The van der Waals surface area contributed by atoms with E-state index in [9.17, 15) is 9.59 Å². The van der Waals surface area contributed by atoms with Crippen molar-refractivity contribution >= 4 is 21.8 Å². The largest absolute Gasteiger partial charge is 0.456 e. The van der Waals surface area contributed by atoms with Crippen LogP contribution >= 0.6 is 0 Å². The van der Waals surface area contributed by atoms with Crippen molar-refractivity contribution in [1.82, 2.24) is 9.97 Å². The summed E-state index contributed by atoms with van der Waals surface area (Å²) in [6.07, 6.45) is 0. The van der Waals surface area contributed by atoms with E-state index < -0.39 is 11.3 Å². The first kappa shape index (κ1) is 20.6. The summed E-state index contributed by atoms with van der Waals surface area (Å²) in [7, 11) is 0. The molecule has 0 amide bonds. The van der Waals surface area contributed by atoms with E-state index in [1.807, 2.05) is 12.1 Å². The van der Waals surface area contributed by atoms with Crippen molar-refractivity contribution in [2.45, 2.75) is 0 Å². The van der Waals surface area contributed by atoms with Crippen LogP contribution < -0.4 is 16.0 Å². The van der Waals surface area contributed by atoms with Gasteiger partial charge in [0, 0.05) is 0 Å². The van der Waals surface area contributed by atoms with E-state index in [0.717, 1.165) is 0 Å². The van der Waals surface area contributed by atoms with Crippen molar-refractivity contribution in [1.29, 1.82) is 0 Å². The molecule has 6 aromatic rings. The number of nitrogens with zero attached hydrogens (tertiary/aromatic N) is 2. The third kappa shape index (κ3) is 3.75. The predicted molar refractivity (Wildman–Crippen MR) is 132 cm³/mol. The average molecular weight is 460 g/mol. The maximum Gasteiger partial charge on any atom is 0.347 e. The number of benzene rings is 4. The van der Waals surface area contributed by atoms with Gasteiger partial charge in [-0.25, -0.2) is 19.6 Å². The highest BCUT2D eigenvalue weighted by Crippen LogP contribution is 2.37. The number of hydrogen-bond donors (Lipinski definition) is 0. The summed E-state index contributed by atoms with van der Waals surface area (Å²) in [5.41, 5.74) is 1.08. The van der Waals surface area contributed by atoms with Crippen LogP contribution in [0.1, 0.15) is 0 Å². The van der Waals surface area contributed by atoms with Crippen LogP contribution in [0.25, 0.3) is 44.7 Å². The lowest BCUT2D eigenvalue weighted by Gasteiger charge is -2.13. The van der Waals surface area contributed by atoms with Gasteiger partial charge in [0.2, 0.25) is 11.8 Å². The Morgan fingerprint density at radius 3 is 1.40 bits per heavy atom. The van der Waals surface area contributed by atoms with Gasteiger partial charge in [0.15, 0.2) is 0 Å². The summed E-state index contributed by atoms with van der Waals surface area (Å²) < 4.78 is 17.3.